The van der Waals surface area contributed by atoms with Crippen molar-refractivity contribution in [3.8, 4) is 0 Å². The number of hydrogen-bond donors (Lipinski definition) is 0. The van der Waals surface area contributed by atoms with Crippen molar-refractivity contribution in [2.24, 2.45) is 0 Å². The Hall–Kier alpha value is 1.78. The van der Waals surface area contributed by atoms with Gasteiger partial charge in [-0.25, -0.2) is 10.7 Å². The van der Waals surface area contributed by atoms with Crippen LogP contribution in [0.3, 0.4) is 0 Å². The molecule has 4 heteroatoms. The normalized spacial score (nSPS) is 12.6. The fourth-order valence-electron chi connectivity index (χ4n) is 0.919. The Morgan fingerprint density at radius 3 is 1.00 bits per heavy atom. The van der Waals surface area contributed by atoms with Crippen LogP contribution < -0.4 is 29.6 Å². The second-order valence-electron chi connectivity index (χ2n) is 4.33. The standard InChI is InChI=1S/C6H18SSi2.Na.H/c1-8(2,3)7-9(4,5)6;;/h1-6H3;;/q;+1;-1. The molecule has 0 unspecified atom stereocenters. The van der Waals surface area contributed by atoms with Crippen molar-refractivity contribution in [2.45, 2.75) is 39.3 Å². The molecular weight excluding hydrogens is 183 g/mol. The molecule has 0 N–H and O–H groups in total. The van der Waals surface area contributed by atoms with Crippen LogP contribution in [0.25, 0.3) is 0 Å². The third-order valence-corrected chi connectivity index (χ3v) is 16.5. The van der Waals surface area contributed by atoms with Gasteiger partial charge in [-0.3, -0.25) is 0 Å². The Morgan fingerprint density at radius 1 is 0.800 bits per heavy atom. The molecule has 0 aliphatic carbocycles. The van der Waals surface area contributed by atoms with Crippen LogP contribution >= 0.6 is 10.7 Å². The SMILES string of the molecule is C[Si](C)(C)S[Si](C)(C)C.[H-].[Na+]. The van der Waals surface area contributed by atoms with Crippen LogP contribution in [0.4, 0.5) is 0 Å². The van der Waals surface area contributed by atoms with Crippen molar-refractivity contribution in [1.82, 2.24) is 0 Å². The average molecular weight is 202 g/mol. The molecule has 0 bridgehead atoms. The summed E-state index contributed by atoms with van der Waals surface area (Å²) in [5.74, 6) is 0. The van der Waals surface area contributed by atoms with Crippen LogP contribution in [0.2, 0.25) is 39.3 Å². The Balaban J connectivity index is -0.000000320. The van der Waals surface area contributed by atoms with Gasteiger partial charge in [0.25, 0.3) is 0 Å². The molecule has 0 saturated carbocycles. The van der Waals surface area contributed by atoms with Gasteiger partial charge in [-0.2, -0.15) is 0 Å². The van der Waals surface area contributed by atoms with E-state index in [0.717, 1.165) is 0 Å². The summed E-state index contributed by atoms with van der Waals surface area (Å²) in [7, 11) is 0.663. The van der Waals surface area contributed by atoms with E-state index in [1.54, 1.807) is 0 Å². The molecule has 0 saturated heterocycles. The summed E-state index contributed by atoms with van der Waals surface area (Å²) in [5.41, 5.74) is 0. The van der Waals surface area contributed by atoms with E-state index in [-0.39, 0.29) is 31.0 Å². The maximum absolute atomic E-state index is 2.43. The first-order valence-corrected chi connectivity index (χ1v) is 12.7. The minimum Gasteiger partial charge on any atom is -1.00 e. The largest absolute Gasteiger partial charge is 1.00 e. The van der Waals surface area contributed by atoms with E-state index in [9.17, 15) is 0 Å². The molecule has 58 valence electrons. The average Bonchev–Trinajstić information content (AvgIpc) is 1.14. The van der Waals surface area contributed by atoms with Crippen LogP contribution in [0.5, 0.6) is 0 Å². The van der Waals surface area contributed by atoms with Gasteiger partial charge in [-0.05, 0) is 0 Å². The van der Waals surface area contributed by atoms with Crippen molar-refractivity contribution < 1.29 is 31.0 Å². The Bertz CT molecular complexity index is 85.7. The van der Waals surface area contributed by atoms with E-state index in [0.29, 0.717) is 0 Å². The van der Waals surface area contributed by atoms with Crippen LogP contribution in [-0.2, 0) is 0 Å². The van der Waals surface area contributed by atoms with E-state index < -0.39 is 14.4 Å². The third-order valence-electron chi connectivity index (χ3n) is 0.612. The van der Waals surface area contributed by atoms with Gasteiger partial charge in [0.1, 0.15) is 14.4 Å². The maximum atomic E-state index is 2.43. The molecule has 0 spiro atoms. The van der Waals surface area contributed by atoms with Gasteiger partial charge in [0.05, 0.1) is 0 Å². The summed E-state index contributed by atoms with van der Waals surface area (Å²) in [6.45, 7) is 14.6. The van der Waals surface area contributed by atoms with E-state index in [1.165, 1.54) is 0 Å². The van der Waals surface area contributed by atoms with Crippen molar-refractivity contribution in [2.75, 3.05) is 0 Å². The van der Waals surface area contributed by atoms with E-state index in [1.807, 2.05) is 0 Å². The summed E-state index contributed by atoms with van der Waals surface area (Å²) in [6.07, 6.45) is 0. The molecule has 0 nitrogen and oxygen atoms in total. The zero-order valence-corrected chi connectivity index (χ0v) is 13.2. The van der Waals surface area contributed by atoms with Gasteiger partial charge < -0.3 is 1.43 Å². The van der Waals surface area contributed by atoms with Crippen LogP contribution in [-0.4, -0.2) is 14.4 Å². The Labute approximate surface area is 94.6 Å². The van der Waals surface area contributed by atoms with Crippen molar-refractivity contribution in [3.63, 3.8) is 0 Å². The fourth-order valence-corrected chi connectivity index (χ4v) is 24.8. The van der Waals surface area contributed by atoms with Crippen LogP contribution in [0.15, 0.2) is 0 Å². The molecule has 0 fully saturated rings. The summed E-state index contributed by atoms with van der Waals surface area (Å²) < 4.78 is 0. The molecule has 0 rings (SSSR count). The molecule has 0 atom stereocenters. The maximum Gasteiger partial charge on any atom is 1.00 e. The van der Waals surface area contributed by atoms with Gasteiger partial charge in [-0.1, -0.05) is 39.3 Å². The summed E-state index contributed by atoms with van der Waals surface area (Å²) in [6, 6.07) is 0. The second-order valence-corrected chi connectivity index (χ2v) is 22.8. The number of rotatable bonds is 2. The first-order chi connectivity index (χ1) is 3.71. The Kier molecular flexibility index (Phi) is 6.76. The van der Waals surface area contributed by atoms with Gasteiger partial charge >= 0.3 is 29.6 Å². The molecule has 10 heavy (non-hydrogen) atoms. The Morgan fingerprint density at radius 2 is 1.00 bits per heavy atom. The molecule has 0 heterocycles. The molecule has 0 aromatic heterocycles. The second kappa shape index (κ2) is 4.72. The minimum absolute atomic E-state index is 0. The minimum atomic E-state index is -0.814. The molecule has 0 aromatic carbocycles. The van der Waals surface area contributed by atoms with E-state index in [2.05, 4.69) is 49.9 Å². The topological polar surface area (TPSA) is 0 Å². The monoisotopic (exact) mass is 202 g/mol. The summed E-state index contributed by atoms with van der Waals surface area (Å²) in [4.78, 5) is 0. The first kappa shape index (κ1) is 14.3. The van der Waals surface area contributed by atoms with Gasteiger partial charge in [0.2, 0.25) is 0 Å². The van der Waals surface area contributed by atoms with E-state index >= 15 is 0 Å². The van der Waals surface area contributed by atoms with Crippen LogP contribution in [0, 0.1) is 0 Å². The van der Waals surface area contributed by atoms with Crippen molar-refractivity contribution in [3.05, 3.63) is 0 Å². The van der Waals surface area contributed by atoms with Crippen molar-refractivity contribution >= 4 is 25.1 Å². The molecule has 0 aromatic rings. The van der Waals surface area contributed by atoms with E-state index in [4.69, 9.17) is 0 Å². The molecule has 0 radical (unpaired) electrons. The quantitative estimate of drug-likeness (QED) is 0.588. The molecule has 0 aliphatic heterocycles. The van der Waals surface area contributed by atoms with Gasteiger partial charge in [-0.15, -0.1) is 0 Å². The van der Waals surface area contributed by atoms with Crippen molar-refractivity contribution in [1.29, 1.82) is 0 Å². The van der Waals surface area contributed by atoms with Gasteiger partial charge in [0, 0.05) is 0 Å². The van der Waals surface area contributed by atoms with Gasteiger partial charge in [0.15, 0.2) is 0 Å². The predicted molar refractivity (Wildman–Crippen MR) is 55.4 cm³/mol. The molecule has 0 amide bonds. The summed E-state index contributed by atoms with van der Waals surface area (Å²) >= 11 is 0. The third kappa shape index (κ3) is 12.5. The predicted octanol–water partition coefficient (Wildman–Crippen LogP) is 0.506. The molecular formula is C6H19NaSSi2. The zero-order chi connectivity index (χ0) is 7.71. The van der Waals surface area contributed by atoms with Crippen LogP contribution in [0.1, 0.15) is 1.43 Å². The summed E-state index contributed by atoms with van der Waals surface area (Å²) in [5, 5.41) is 0. The fraction of sp³-hybridized carbons (Fsp3) is 1.00. The first-order valence-electron chi connectivity index (χ1n) is 3.41. The smallest absolute Gasteiger partial charge is 1.00 e. The molecule has 0 aliphatic rings. The number of hydrogen-bond acceptors (Lipinski definition) is 1. The zero-order valence-electron chi connectivity index (χ0n) is 9.41.